The van der Waals surface area contributed by atoms with E-state index < -0.39 is 0 Å². The van der Waals surface area contributed by atoms with E-state index in [1.54, 1.807) is 19.6 Å². The number of imidazole rings is 1. The Bertz CT molecular complexity index is 530. The van der Waals surface area contributed by atoms with Crippen LogP contribution in [0.2, 0.25) is 0 Å². The second-order valence-corrected chi connectivity index (χ2v) is 5.10. The van der Waals surface area contributed by atoms with Gasteiger partial charge in [-0.2, -0.15) is 0 Å². The van der Waals surface area contributed by atoms with Crippen molar-refractivity contribution >= 4 is 0 Å². The zero-order valence-electron chi connectivity index (χ0n) is 11.2. The quantitative estimate of drug-likeness (QED) is 0.846. The third kappa shape index (κ3) is 2.62. The first kappa shape index (κ1) is 12.2. The summed E-state index contributed by atoms with van der Waals surface area (Å²) in [5.41, 5.74) is 2.23. The topological polar surface area (TPSA) is 39.9 Å². The molecule has 3 rings (SSSR count). The number of hydrogen-bond donors (Lipinski definition) is 0. The van der Waals surface area contributed by atoms with Crippen molar-refractivity contribution in [3.05, 3.63) is 36.5 Å². The maximum atomic E-state index is 5.34. The molecule has 100 valence electrons. The lowest BCUT2D eigenvalue weighted by Gasteiger charge is -2.22. The van der Waals surface area contributed by atoms with Crippen LogP contribution in [0.3, 0.4) is 0 Å². The molecule has 1 aliphatic carbocycles. The molecule has 0 spiro atoms. The summed E-state index contributed by atoms with van der Waals surface area (Å²) >= 11 is 0. The average molecular weight is 257 g/mol. The predicted molar refractivity (Wildman–Crippen MR) is 73.7 cm³/mol. The smallest absolute Gasteiger partial charge is 0.215 e. The number of rotatable bonds is 3. The molecule has 19 heavy (non-hydrogen) atoms. The Balaban J connectivity index is 1.97. The molecule has 1 fully saturated rings. The average Bonchev–Trinajstić information content (AvgIpc) is 3.02. The summed E-state index contributed by atoms with van der Waals surface area (Å²) in [6, 6.07) is 4.12. The molecule has 1 saturated carbocycles. The Hall–Kier alpha value is -1.84. The summed E-state index contributed by atoms with van der Waals surface area (Å²) in [7, 11) is 1.67. The van der Waals surface area contributed by atoms with Gasteiger partial charge in [0.1, 0.15) is 0 Å². The first-order valence-corrected chi connectivity index (χ1v) is 6.91. The van der Waals surface area contributed by atoms with Gasteiger partial charge in [0, 0.05) is 30.1 Å². The molecule has 0 amide bonds. The molecule has 0 N–H and O–H groups in total. The predicted octanol–water partition coefficient (Wildman–Crippen LogP) is 3.32. The van der Waals surface area contributed by atoms with Gasteiger partial charge in [-0.1, -0.05) is 19.3 Å². The van der Waals surface area contributed by atoms with Crippen molar-refractivity contribution in [2.75, 3.05) is 7.11 Å². The van der Waals surface area contributed by atoms with Crippen LogP contribution < -0.4 is 4.74 Å². The van der Waals surface area contributed by atoms with Crippen LogP contribution in [0, 0.1) is 0 Å². The van der Waals surface area contributed by atoms with Crippen molar-refractivity contribution in [1.29, 1.82) is 0 Å². The third-order valence-corrected chi connectivity index (χ3v) is 3.84. The standard InChI is InChI=1S/C15H19N3O/c1-19-15-10-13(18-8-7-16-11-18)9-14(17-15)12-5-3-2-4-6-12/h7-12H,2-6H2,1H3. The highest BCUT2D eigenvalue weighted by molar-refractivity contribution is 5.38. The Morgan fingerprint density at radius 3 is 2.74 bits per heavy atom. The van der Waals surface area contributed by atoms with Gasteiger partial charge >= 0.3 is 0 Å². The fraction of sp³-hybridized carbons (Fsp3) is 0.467. The molecular weight excluding hydrogens is 238 g/mol. The molecule has 2 aromatic rings. The molecule has 0 radical (unpaired) electrons. The molecule has 4 nitrogen and oxygen atoms in total. The van der Waals surface area contributed by atoms with E-state index in [0.717, 1.165) is 11.4 Å². The van der Waals surface area contributed by atoms with Gasteiger partial charge in [0.25, 0.3) is 0 Å². The Morgan fingerprint density at radius 2 is 2.05 bits per heavy atom. The van der Waals surface area contributed by atoms with E-state index in [-0.39, 0.29) is 0 Å². The highest BCUT2D eigenvalue weighted by atomic mass is 16.5. The maximum absolute atomic E-state index is 5.34. The number of hydrogen-bond acceptors (Lipinski definition) is 3. The molecule has 2 aromatic heterocycles. The van der Waals surface area contributed by atoms with Gasteiger partial charge in [-0.25, -0.2) is 9.97 Å². The summed E-state index contributed by atoms with van der Waals surface area (Å²) in [6.45, 7) is 0. The van der Waals surface area contributed by atoms with Gasteiger partial charge in [0.15, 0.2) is 0 Å². The van der Waals surface area contributed by atoms with Crippen LogP contribution in [0.25, 0.3) is 5.69 Å². The minimum absolute atomic E-state index is 0.575. The number of pyridine rings is 1. The summed E-state index contributed by atoms with van der Waals surface area (Å²) in [6.07, 6.45) is 12.0. The monoisotopic (exact) mass is 257 g/mol. The Kier molecular flexibility index (Phi) is 3.49. The highest BCUT2D eigenvalue weighted by Crippen LogP contribution is 2.33. The van der Waals surface area contributed by atoms with Crippen molar-refractivity contribution in [3.8, 4) is 11.6 Å². The molecule has 4 heteroatoms. The molecule has 0 saturated heterocycles. The lowest BCUT2D eigenvalue weighted by atomic mass is 9.86. The molecule has 2 heterocycles. The molecule has 0 bridgehead atoms. The number of nitrogens with zero attached hydrogens (tertiary/aromatic N) is 3. The van der Waals surface area contributed by atoms with Crippen LogP contribution in [0.5, 0.6) is 5.88 Å². The van der Waals surface area contributed by atoms with Gasteiger partial charge < -0.3 is 9.30 Å². The molecular formula is C15H19N3O. The van der Waals surface area contributed by atoms with Gasteiger partial charge in [0.05, 0.1) is 19.1 Å². The van der Waals surface area contributed by atoms with Gasteiger partial charge in [-0.05, 0) is 18.9 Å². The lowest BCUT2D eigenvalue weighted by molar-refractivity contribution is 0.387. The highest BCUT2D eigenvalue weighted by Gasteiger charge is 2.18. The van der Waals surface area contributed by atoms with Crippen molar-refractivity contribution < 1.29 is 4.74 Å². The van der Waals surface area contributed by atoms with Gasteiger partial charge in [-0.15, -0.1) is 0 Å². The van der Waals surface area contributed by atoms with Crippen LogP contribution in [0.1, 0.15) is 43.7 Å². The summed E-state index contributed by atoms with van der Waals surface area (Å²) in [4.78, 5) is 8.73. The number of methoxy groups -OCH3 is 1. The molecule has 0 atom stereocenters. The van der Waals surface area contributed by atoms with Crippen LogP contribution in [0.15, 0.2) is 30.9 Å². The van der Waals surface area contributed by atoms with Gasteiger partial charge in [0.2, 0.25) is 5.88 Å². The summed E-state index contributed by atoms with van der Waals surface area (Å²) < 4.78 is 7.34. The lowest BCUT2D eigenvalue weighted by Crippen LogP contribution is -2.08. The van der Waals surface area contributed by atoms with Crippen LogP contribution >= 0.6 is 0 Å². The van der Waals surface area contributed by atoms with Crippen LogP contribution in [-0.2, 0) is 0 Å². The van der Waals surface area contributed by atoms with E-state index >= 15 is 0 Å². The van der Waals surface area contributed by atoms with Crippen molar-refractivity contribution in [1.82, 2.24) is 14.5 Å². The zero-order valence-corrected chi connectivity index (χ0v) is 11.2. The number of aromatic nitrogens is 3. The van der Waals surface area contributed by atoms with Crippen molar-refractivity contribution in [3.63, 3.8) is 0 Å². The minimum atomic E-state index is 0.575. The van der Waals surface area contributed by atoms with Crippen LogP contribution in [-0.4, -0.2) is 21.6 Å². The SMILES string of the molecule is COc1cc(-n2ccnc2)cc(C2CCCCC2)n1. The largest absolute Gasteiger partial charge is 0.481 e. The zero-order chi connectivity index (χ0) is 13.1. The fourth-order valence-corrected chi connectivity index (χ4v) is 2.78. The third-order valence-electron chi connectivity index (χ3n) is 3.84. The van der Waals surface area contributed by atoms with E-state index in [2.05, 4.69) is 16.0 Å². The number of ether oxygens (including phenoxy) is 1. The molecule has 1 aliphatic rings. The van der Waals surface area contributed by atoms with Crippen molar-refractivity contribution in [2.24, 2.45) is 0 Å². The first-order valence-electron chi connectivity index (χ1n) is 6.91. The first-order chi connectivity index (χ1) is 9.36. The molecule has 0 aliphatic heterocycles. The van der Waals surface area contributed by atoms with Crippen molar-refractivity contribution in [2.45, 2.75) is 38.0 Å². The van der Waals surface area contributed by atoms with E-state index in [0.29, 0.717) is 11.8 Å². The second kappa shape index (κ2) is 5.43. The fourth-order valence-electron chi connectivity index (χ4n) is 2.78. The van der Waals surface area contributed by atoms with E-state index in [9.17, 15) is 0 Å². The van der Waals surface area contributed by atoms with Gasteiger partial charge in [-0.3, -0.25) is 0 Å². The van der Waals surface area contributed by atoms with E-state index in [4.69, 9.17) is 4.74 Å². The molecule has 0 unspecified atom stereocenters. The normalized spacial score (nSPS) is 16.5. The molecule has 0 aromatic carbocycles. The maximum Gasteiger partial charge on any atom is 0.215 e. The Morgan fingerprint density at radius 1 is 1.21 bits per heavy atom. The van der Waals surface area contributed by atoms with Crippen LogP contribution in [0.4, 0.5) is 0 Å². The summed E-state index contributed by atoms with van der Waals surface area (Å²) in [5.74, 6) is 1.26. The van der Waals surface area contributed by atoms with E-state index in [1.807, 2.05) is 16.8 Å². The second-order valence-electron chi connectivity index (χ2n) is 5.10. The minimum Gasteiger partial charge on any atom is -0.481 e. The Labute approximate surface area is 113 Å². The van der Waals surface area contributed by atoms with E-state index in [1.165, 1.54) is 32.1 Å². The summed E-state index contributed by atoms with van der Waals surface area (Å²) in [5, 5.41) is 0.